The number of hydrogen-bond donors (Lipinski definition) is 1. The standard InChI is InChI=1S/C21H23NO4/c1-3-19(21(23)24)20-12-8-7-11-18(20)15-25-14-13-22-26-16(2)17-9-5-4-6-10-17/h3-13,16H,14-15H2,1-2H3,(H,23,24)/b19-3+,22-13-. The number of ether oxygens (including phenoxy) is 1. The van der Waals surface area contributed by atoms with E-state index in [4.69, 9.17) is 9.57 Å². The highest BCUT2D eigenvalue weighted by Gasteiger charge is 2.12. The number of aliphatic carboxylic acids is 1. The molecule has 1 atom stereocenters. The van der Waals surface area contributed by atoms with Crippen molar-refractivity contribution in [2.45, 2.75) is 26.6 Å². The zero-order valence-electron chi connectivity index (χ0n) is 15.0. The Morgan fingerprint density at radius 3 is 2.54 bits per heavy atom. The molecule has 0 aliphatic rings. The fourth-order valence-corrected chi connectivity index (χ4v) is 2.47. The van der Waals surface area contributed by atoms with Crippen molar-refractivity contribution in [1.29, 1.82) is 0 Å². The second-order valence-corrected chi connectivity index (χ2v) is 5.63. The van der Waals surface area contributed by atoms with Gasteiger partial charge in [-0.05, 0) is 30.5 Å². The number of hydrogen-bond acceptors (Lipinski definition) is 4. The average Bonchev–Trinajstić information content (AvgIpc) is 2.66. The van der Waals surface area contributed by atoms with Gasteiger partial charge in [-0.3, -0.25) is 0 Å². The molecule has 0 heterocycles. The minimum absolute atomic E-state index is 0.138. The number of carboxylic acid groups (broad SMARTS) is 1. The first kappa shape index (κ1) is 19.4. The van der Waals surface area contributed by atoms with Crippen molar-refractivity contribution in [2.24, 2.45) is 5.16 Å². The van der Waals surface area contributed by atoms with Crippen LogP contribution in [0.5, 0.6) is 0 Å². The number of carboxylic acids is 1. The highest BCUT2D eigenvalue weighted by atomic mass is 16.6. The van der Waals surface area contributed by atoms with E-state index in [1.54, 1.807) is 25.3 Å². The van der Waals surface area contributed by atoms with Crippen LogP contribution in [0, 0.1) is 0 Å². The molecule has 0 aliphatic heterocycles. The van der Waals surface area contributed by atoms with Gasteiger partial charge in [0.15, 0.2) is 0 Å². The van der Waals surface area contributed by atoms with Crippen LogP contribution in [0.2, 0.25) is 0 Å². The van der Waals surface area contributed by atoms with Crippen molar-refractivity contribution in [3.05, 3.63) is 77.4 Å². The molecule has 2 aromatic carbocycles. The molecule has 2 aromatic rings. The van der Waals surface area contributed by atoms with Crippen LogP contribution < -0.4 is 0 Å². The van der Waals surface area contributed by atoms with Gasteiger partial charge >= 0.3 is 5.97 Å². The number of rotatable bonds is 9. The van der Waals surface area contributed by atoms with E-state index >= 15 is 0 Å². The smallest absolute Gasteiger partial charge is 0.335 e. The normalized spacial score (nSPS) is 12.9. The second kappa shape index (κ2) is 10.2. The predicted octanol–water partition coefficient (Wildman–Crippen LogP) is 4.45. The maximum Gasteiger partial charge on any atom is 0.335 e. The summed E-state index contributed by atoms with van der Waals surface area (Å²) in [5.41, 5.74) is 2.79. The monoisotopic (exact) mass is 353 g/mol. The van der Waals surface area contributed by atoms with Crippen LogP contribution >= 0.6 is 0 Å². The molecule has 5 nitrogen and oxygen atoms in total. The summed E-state index contributed by atoms with van der Waals surface area (Å²) in [6.07, 6.45) is 3.00. The van der Waals surface area contributed by atoms with Crippen molar-refractivity contribution in [2.75, 3.05) is 6.61 Å². The first-order valence-electron chi connectivity index (χ1n) is 8.41. The summed E-state index contributed by atoms with van der Waals surface area (Å²) in [6.45, 7) is 4.20. The summed E-state index contributed by atoms with van der Waals surface area (Å²) in [6, 6.07) is 17.1. The molecule has 0 aromatic heterocycles. The van der Waals surface area contributed by atoms with E-state index in [1.807, 2.05) is 55.5 Å². The van der Waals surface area contributed by atoms with Crippen molar-refractivity contribution in [3.63, 3.8) is 0 Å². The average molecular weight is 353 g/mol. The third-order valence-corrected chi connectivity index (χ3v) is 3.84. The number of allylic oxidation sites excluding steroid dienone is 1. The molecule has 26 heavy (non-hydrogen) atoms. The maximum atomic E-state index is 11.3. The summed E-state index contributed by atoms with van der Waals surface area (Å²) in [5, 5.41) is 13.2. The molecule has 5 heteroatoms. The van der Waals surface area contributed by atoms with Crippen molar-refractivity contribution >= 4 is 17.8 Å². The van der Waals surface area contributed by atoms with E-state index in [1.165, 1.54) is 0 Å². The maximum absolute atomic E-state index is 11.3. The van der Waals surface area contributed by atoms with E-state index in [-0.39, 0.29) is 18.3 Å². The quantitative estimate of drug-likeness (QED) is 0.313. The van der Waals surface area contributed by atoms with Crippen LogP contribution in [0.1, 0.15) is 36.6 Å². The largest absolute Gasteiger partial charge is 0.478 e. The Morgan fingerprint density at radius 2 is 1.85 bits per heavy atom. The van der Waals surface area contributed by atoms with E-state index in [0.717, 1.165) is 11.1 Å². The van der Waals surface area contributed by atoms with Crippen LogP contribution in [0.25, 0.3) is 5.57 Å². The first-order valence-corrected chi connectivity index (χ1v) is 8.41. The number of carbonyl (C=O) groups is 1. The molecule has 0 radical (unpaired) electrons. The molecule has 0 saturated heterocycles. The molecule has 0 amide bonds. The lowest BCUT2D eigenvalue weighted by atomic mass is 10.00. The summed E-state index contributed by atoms with van der Waals surface area (Å²) in [7, 11) is 0. The van der Waals surface area contributed by atoms with E-state index in [2.05, 4.69) is 5.16 Å². The van der Waals surface area contributed by atoms with Gasteiger partial charge in [0.1, 0.15) is 6.10 Å². The fourth-order valence-electron chi connectivity index (χ4n) is 2.47. The SMILES string of the molecule is C/C=C(/C(=O)O)c1ccccc1COC/C=N\OC(C)c1ccccc1. The van der Waals surface area contributed by atoms with Crippen LogP contribution in [0.15, 0.2) is 65.8 Å². The minimum Gasteiger partial charge on any atom is -0.478 e. The van der Waals surface area contributed by atoms with Gasteiger partial charge in [-0.1, -0.05) is 65.8 Å². The van der Waals surface area contributed by atoms with E-state index in [0.29, 0.717) is 12.2 Å². The van der Waals surface area contributed by atoms with E-state index < -0.39 is 5.97 Å². The summed E-state index contributed by atoms with van der Waals surface area (Å²) in [5.74, 6) is -0.954. The van der Waals surface area contributed by atoms with Gasteiger partial charge in [-0.15, -0.1) is 0 Å². The summed E-state index contributed by atoms with van der Waals surface area (Å²) >= 11 is 0. The Hall–Kier alpha value is -2.92. The summed E-state index contributed by atoms with van der Waals surface area (Å²) in [4.78, 5) is 16.7. The second-order valence-electron chi connectivity index (χ2n) is 5.63. The third kappa shape index (κ3) is 5.57. The molecule has 136 valence electrons. The number of nitrogens with zero attached hydrogens (tertiary/aromatic N) is 1. The van der Waals surface area contributed by atoms with Gasteiger partial charge in [0.25, 0.3) is 0 Å². The number of benzene rings is 2. The third-order valence-electron chi connectivity index (χ3n) is 3.84. The zero-order valence-corrected chi connectivity index (χ0v) is 15.0. The molecule has 2 rings (SSSR count). The summed E-state index contributed by atoms with van der Waals surface area (Å²) < 4.78 is 5.57. The molecule has 1 unspecified atom stereocenters. The Kier molecular flexibility index (Phi) is 7.58. The Morgan fingerprint density at radius 1 is 1.15 bits per heavy atom. The van der Waals surface area contributed by atoms with Crippen LogP contribution in [-0.2, 0) is 21.0 Å². The number of oxime groups is 1. The van der Waals surface area contributed by atoms with Gasteiger partial charge in [0.05, 0.1) is 25.0 Å². The Labute approximate surface area is 153 Å². The highest BCUT2D eigenvalue weighted by Crippen LogP contribution is 2.20. The molecule has 0 bridgehead atoms. The molecule has 1 N–H and O–H groups in total. The van der Waals surface area contributed by atoms with Gasteiger partial charge in [0, 0.05) is 0 Å². The Bertz CT molecular complexity index is 769. The molecular formula is C21H23NO4. The molecule has 0 saturated carbocycles. The lowest BCUT2D eigenvalue weighted by Crippen LogP contribution is -2.05. The fraction of sp³-hybridized carbons (Fsp3) is 0.238. The zero-order chi connectivity index (χ0) is 18.8. The van der Waals surface area contributed by atoms with Crippen LogP contribution in [0.4, 0.5) is 0 Å². The van der Waals surface area contributed by atoms with Gasteiger partial charge in [0.2, 0.25) is 0 Å². The Balaban J connectivity index is 1.84. The lowest BCUT2D eigenvalue weighted by molar-refractivity contribution is -0.130. The van der Waals surface area contributed by atoms with E-state index in [9.17, 15) is 9.90 Å². The molecule has 0 fully saturated rings. The molecule has 0 spiro atoms. The van der Waals surface area contributed by atoms with Crippen molar-refractivity contribution in [1.82, 2.24) is 0 Å². The topological polar surface area (TPSA) is 68.1 Å². The van der Waals surface area contributed by atoms with Gasteiger partial charge in [-0.25, -0.2) is 4.79 Å². The predicted molar refractivity (Wildman–Crippen MR) is 102 cm³/mol. The van der Waals surface area contributed by atoms with Crippen LogP contribution in [-0.4, -0.2) is 23.9 Å². The van der Waals surface area contributed by atoms with Crippen molar-refractivity contribution < 1.29 is 19.5 Å². The minimum atomic E-state index is -0.954. The van der Waals surface area contributed by atoms with Crippen molar-refractivity contribution in [3.8, 4) is 0 Å². The van der Waals surface area contributed by atoms with Gasteiger partial charge in [-0.2, -0.15) is 0 Å². The van der Waals surface area contributed by atoms with Crippen LogP contribution in [0.3, 0.4) is 0 Å². The highest BCUT2D eigenvalue weighted by molar-refractivity contribution is 6.15. The lowest BCUT2D eigenvalue weighted by Gasteiger charge is -2.10. The molecular weight excluding hydrogens is 330 g/mol. The molecule has 0 aliphatic carbocycles. The van der Waals surface area contributed by atoms with Gasteiger partial charge < -0.3 is 14.7 Å². The first-order chi connectivity index (χ1) is 12.6.